The van der Waals surface area contributed by atoms with Gasteiger partial charge in [-0.1, -0.05) is 54.2 Å². The minimum Gasteiger partial charge on any atom is -0.369 e. The molecule has 0 aliphatic heterocycles. The third-order valence-corrected chi connectivity index (χ3v) is 5.55. The van der Waals surface area contributed by atoms with E-state index in [1.54, 1.807) is 0 Å². The fraction of sp³-hybridized carbons (Fsp3) is 0.500. The highest BCUT2D eigenvalue weighted by Gasteiger charge is 2.19. The second kappa shape index (κ2) is 6.78. The quantitative estimate of drug-likeness (QED) is 0.776. The van der Waals surface area contributed by atoms with E-state index in [-0.39, 0.29) is 0 Å². The zero-order valence-corrected chi connectivity index (χ0v) is 14.2. The molecule has 1 heterocycles. The second-order valence-corrected chi connectivity index (χ2v) is 7.02. The summed E-state index contributed by atoms with van der Waals surface area (Å²) < 4.78 is 1.13. The lowest BCUT2D eigenvalue weighted by Crippen LogP contribution is -2.21. The van der Waals surface area contributed by atoms with Gasteiger partial charge in [-0.25, -0.2) is 4.98 Å². The van der Waals surface area contributed by atoms with Crippen LogP contribution in [0, 0.1) is 11.8 Å². The maximum atomic E-state index is 4.53. The molecule has 1 aliphatic carbocycles. The molecule has 0 bridgehead atoms. The summed E-state index contributed by atoms with van der Waals surface area (Å²) >= 11 is 3.62. The van der Waals surface area contributed by atoms with Crippen LogP contribution in [0.5, 0.6) is 0 Å². The van der Waals surface area contributed by atoms with Crippen LogP contribution < -0.4 is 5.32 Å². The van der Waals surface area contributed by atoms with Gasteiger partial charge in [0.05, 0.1) is 0 Å². The molecule has 0 atom stereocenters. The molecule has 0 unspecified atom stereocenters. The van der Waals surface area contributed by atoms with Crippen molar-refractivity contribution in [2.24, 2.45) is 11.8 Å². The van der Waals surface area contributed by atoms with E-state index in [0.717, 1.165) is 28.7 Å². The first kappa shape index (κ1) is 14.8. The summed E-state index contributed by atoms with van der Waals surface area (Å²) in [6.07, 6.45) is 8.76. The van der Waals surface area contributed by atoms with Gasteiger partial charge < -0.3 is 5.32 Å². The molecule has 3 rings (SSSR count). The molecule has 112 valence electrons. The first-order valence-corrected chi connectivity index (χ1v) is 8.84. The van der Waals surface area contributed by atoms with Crippen molar-refractivity contribution in [2.45, 2.75) is 39.0 Å². The molecule has 0 amide bonds. The van der Waals surface area contributed by atoms with Crippen molar-refractivity contribution in [2.75, 3.05) is 11.9 Å². The predicted octanol–water partition coefficient (Wildman–Crippen LogP) is 5.63. The highest BCUT2D eigenvalue weighted by molar-refractivity contribution is 9.10. The summed E-state index contributed by atoms with van der Waals surface area (Å²) in [7, 11) is 0. The Labute approximate surface area is 135 Å². The Balaban J connectivity index is 1.67. The molecule has 1 aliphatic rings. The van der Waals surface area contributed by atoms with Crippen molar-refractivity contribution in [3.05, 3.63) is 34.9 Å². The van der Waals surface area contributed by atoms with Crippen LogP contribution in [0.1, 0.15) is 39.0 Å². The van der Waals surface area contributed by atoms with E-state index in [4.69, 9.17) is 0 Å². The Morgan fingerprint density at radius 2 is 1.86 bits per heavy atom. The Kier molecular flexibility index (Phi) is 4.79. The molecule has 0 radical (unpaired) electrons. The number of halogens is 1. The molecular formula is C18H23BrN2. The summed E-state index contributed by atoms with van der Waals surface area (Å²) in [6.45, 7) is 3.37. The van der Waals surface area contributed by atoms with Gasteiger partial charge in [0, 0.05) is 28.0 Å². The highest BCUT2D eigenvalue weighted by Crippen LogP contribution is 2.32. The molecule has 0 saturated heterocycles. The van der Waals surface area contributed by atoms with Crippen LogP contribution >= 0.6 is 15.9 Å². The maximum absolute atomic E-state index is 4.53. The molecular weight excluding hydrogens is 324 g/mol. The Morgan fingerprint density at radius 1 is 1.10 bits per heavy atom. The number of nitrogens with zero attached hydrogens (tertiary/aromatic N) is 1. The smallest absolute Gasteiger partial charge is 0.133 e. The Bertz CT molecular complexity index is 603. The fourth-order valence-corrected chi connectivity index (χ4v) is 3.89. The molecule has 1 saturated carbocycles. The van der Waals surface area contributed by atoms with Crippen LogP contribution in [0.4, 0.5) is 5.82 Å². The maximum Gasteiger partial charge on any atom is 0.133 e. The zero-order valence-electron chi connectivity index (χ0n) is 12.6. The van der Waals surface area contributed by atoms with Crippen molar-refractivity contribution in [3.8, 4) is 0 Å². The van der Waals surface area contributed by atoms with Crippen LogP contribution in [0.25, 0.3) is 10.8 Å². The normalized spacial score (nSPS) is 22.4. The number of fused-ring (bicyclic) bond motifs is 1. The number of aromatic nitrogens is 1. The summed E-state index contributed by atoms with van der Waals surface area (Å²) in [5, 5.41) is 6.01. The second-order valence-electron chi connectivity index (χ2n) is 6.17. The number of anilines is 1. The molecule has 2 aromatic rings. The van der Waals surface area contributed by atoms with Gasteiger partial charge in [0.1, 0.15) is 5.82 Å². The van der Waals surface area contributed by atoms with Crippen LogP contribution in [-0.2, 0) is 0 Å². The summed E-state index contributed by atoms with van der Waals surface area (Å²) in [5.74, 6) is 2.79. The molecule has 21 heavy (non-hydrogen) atoms. The molecule has 1 aromatic carbocycles. The molecule has 2 nitrogen and oxygen atoms in total. The van der Waals surface area contributed by atoms with E-state index in [1.807, 2.05) is 6.20 Å². The van der Waals surface area contributed by atoms with Gasteiger partial charge in [0.2, 0.25) is 0 Å². The molecule has 0 spiro atoms. The zero-order chi connectivity index (χ0) is 14.7. The van der Waals surface area contributed by atoms with E-state index in [9.17, 15) is 0 Å². The third-order valence-electron chi connectivity index (χ3n) is 4.85. The Morgan fingerprint density at radius 3 is 2.62 bits per heavy atom. The molecule has 3 heteroatoms. The van der Waals surface area contributed by atoms with Gasteiger partial charge >= 0.3 is 0 Å². The first-order valence-electron chi connectivity index (χ1n) is 8.05. The minimum atomic E-state index is 0.803. The number of hydrogen-bond donors (Lipinski definition) is 1. The lowest BCUT2D eigenvalue weighted by molar-refractivity contribution is 0.278. The van der Waals surface area contributed by atoms with Gasteiger partial charge in [-0.05, 0) is 36.8 Å². The number of benzene rings is 1. The van der Waals surface area contributed by atoms with Crippen molar-refractivity contribution in [1.82, 2.24) is 4.98 Å². The van der Waals surface area contributed by atoms with Gasteiger partial charge in [-0.2, -0.15) is 0 Å². The fourth-order valence-electron chi connectivity index (χ4n) is 3.39. The Hall–Kier alpha value is -1.09. The average molecular weight is 347 g/mol. The summed E-state index contributed by atoms with van der Waals surface area (Å²) in [5.41, 5.74) is 0. The summed E-state index contributed by atoms with van der Waals surface area (Å²) in [6, 6.07) is 8.37. The van der Waals surface area contributed by atoms with Crippen molar-refractivity contribution in [1.29, 1.82) is 0 Å². The van der Waals surface area contributed by atoms with E-state index in [2.05, 4.69) is 57.4 Å². The van der Waals surface area contributed by atoms with Gasteiger partial charge in [-0.15, -0.1) is 0 Å². The number of rotatable bonds is 4. The van der Waals surface area contributed by atoms with Gasteiger partial charge in [0.15, 0.2) is 0 Å². The van der Waals surface area contributed by atoms with Crippen LogP contribution in [0.3, 0.4) is 0 Å². The summed E-state index contributed by atoms with van der Waals surface area (Å²) in [4.78, 5) is 4.53. The van der Waals surface area contributed by atoms with Crippen LogP contribution in [0.15, 0.2) is 34.9 Å². The van der Waals surface area contributed by atoms with Gasteiger partial charge in [-0.3, -0.25) is 0 Å². The van der Waals surface area contributed by atoms with Crippen LogP contribution in [0.2, 0.25) is 0 Å². The highest BCUT2D eigenvalue weighted by atomic mass is 79.9. The lowest BCUT2D eigenvalue weighted by atomic mass is 9.81. The van der Waals surface area contributed by atoms with Crippen molar-refractivity contribution >= 4 is 32.5 Å². The largest absolute Gasteiger partial charge is 0.369 e. The number of nitrogens with one attached hydrogen (secondary N) is 1. The lowest BCUT2D eigenvalue weighted by Gasteiger charge is -2.28. The standard InChI is InChI=1S/C18H23BrN2/c1-2-13-6-8-14(9-7-13)12-21-18-16-4-3-5-17(19)15(16)10-11-20-18/h3-5,10-11,13-14H,2,6-9,12H2,1H3,(H,20,21). The average Bonchev–Trinajstić information content (AvgIpc) is 2.54. The van der Waals surface area contributed by atoms with Gasteiger partial charge in [0.25, 0.3) is 0 Å². The third kappa shape index (κ3) is 3.39. The van der Waals surface area contributed by atoms with Crippen LogP contribution in [-0.4, -0.2) is 11.5 Å². The molecule has 1 N–H and O–H groups in total. The van der Waals surface area contributed by atoms with E-state index in [1.165, 1.54) is 42.9 Å². The number of pyridine rings is 1. The SMILES string of the molecule is CCC1CCC(CNc2nccc3c(Br)cccc23)CC1. The minimum absolute atomic E-state index is 0.803. The van der Waals surface area contributed by atoms with Crippen molar-refractivity contribution in [3.63, 3.8) is 0 Å². The van der Waals surface area contributed by atoms with E-state index >= 15 is 0 Å². The molecule has 1 fully saturated rings. The van der Waals surface area contributed by atoms with E-state index in [0.29, 0.717) is 0 Å². The predicted molar refractivity (Wildman–Crippen MR) is 93.7 cm³/mol. The monoisotopic (exact) mass is 346 g/mol. The van der Waals surface area contributed by atoms with Crippen molar-refractivity contribution < 1.29 is 0 Å². The van der Waals surface area contributed by atoms with E-state index < -0.39 is 0 Å². The molecule has 1 aromatic heterocycles. The topological polar surface area (TPSA) is 24.9 Å². The first-order chi connectivity index (χ1) is 10.3. The number of hydrogen-bond acceptors (Lipinski definition) is 2.